The van der Waals surface area contributed by atoms with E-state index in [1.165, 1.54) is 12.1 Å². The van der Waals surface area contributed by atoms with Crippen molar-refractivity contribution in [3.05, 3.63) is 58.2 Å². The molecule has 0 aliphatic carbocycles. The predicted octanol–water partition coefficient (Wildman–Crippen LogP) is 3.59. The van der Waals surface area contributed by atoms with E-state index in [9.17, 15) is 9.18 Å². The van der Waals surface area contributed by atoms with Gasteiger partial charge in [0.05, 0.1) is 17.5 Å². The number of aromatic amines is 1. The Bertz CT molecular complexity index is 799. The van der Waals surface area contributed by atoms with Gasteiger partial charge in [-0.2, -0.15) is 16.4 Å². The number of anilines is 1. The number of aromatic nitrogens is 2. The number of hydrogen-bond donors (Lipinski definition) is 3. The van der Waals surface area contributed by atoms with Gasteiger partial charge in [-0.15, -0.1) is 0 Å². The Balaban J connectivity index is 1.78. The lowest BCUT2D eigenvalue weighted by molar-refractivity contribution is 0.0692. The summed E-state index contributed by atoms with van der Waals surface area (Å²) in [5, 5.41) is 23.0. The molecule has 0 aliphatic rings. The fourth-order valence-corrected chi connectivity index (χ4v) is 2.74. The maximum absolute atomic E-state index is 13.4. The number of thiophene rings is 1. The first-order valence-corrected chi connectivity index (χ1v) is 7.41. The topological polar surface area (TPSA) is 78.0 Å². The molecule has 22 heavy (non-hydrogen) atoms. The third-order valence-corrected chi connectivity index (χ3v) is 3.89. The number of nitrogens with one attached hydrogen (secondary N) is 2. The Morgan fingerprint density at radius 2 is 2.27 bits per heavy atom. The highest BCUT2D eigenvalue weighted by Gasteiger charge is 2.12. The van der Waals surface area contributed by atoms with Crippen LogP contribution in [-0.2, 0) is 6.54 Å². The Hall–Kier alpha value is -2.67. The number of halogens is 1. The van der Waals surface area contributed by atoms with Crippen LogP contribution in [-0.4, -0.2) is 21.3 Å². The van der Waals surface area contributed by atoms with Crippen LogP contribution < -0.4 is 5.32 Å². The van der Waals surface area contributed by atoms with E-state index in [1.807, 2.05) is 16.8 Å². The number of H-pyrrole nitrogens is 1. The average Bonchev–Trinajstić information content (AvgIpc) is 3.16. The lowest BCUT2D eigenvalue weighted by atomic mass is 10.1. The van der Waals surface area contributed by atoms with E-state index in [1.54, 1.807) is 17.5 Å². The quantitative estimate of drug-likeness (QED) is 0.672. The zero-order valence-electron chi connectivity index (χ0n) is 11.3. The fraction of sp³-hybridized carbons (Fsp3) is 0.0667. The zero-order valence-corrected chi connectivity index (χ0v) is 12.2. The van der Waals surface area contributed by atoms with Gasteiger partial charge in [-0.25, -0.2) is 9.18 Å². The van der Waals surface area contributed by atoms with E-state index in [-0.39, 0.29) is 5.56 Å². The highest BCUT2D eigenvalue weighted by atomic mass is 32.1. The molecule has 3 N–H and O–H groups in total. The summed E-state index contributed by atoms with van der Waals surface area (Å²) in [6, 6.07) is 5.91. The molecule has 0 spiro atoms. The molecule has 1 aromatic carbocycles. The molecule has 0 fully saturated rings. The van der Waals surface area contributed by atoms with Crippen molar-refractivity contribution in [1.82, 2.24) is 10.2 Å². The van der Waals surface area contributed by atoms with Crippen LogP contribution in [0.1, 0.15) is 15.9 Å². The van der Waals surface area contributed by atoms with Crippen molar-refractivity contribution in [2.24, 2.45) is 0 Å². The van der Waals surface area contributed by atoms with Crippen LogP contribution in [0.3, 0.4) is 0 Å². The number of benzene rings is 1. The molecular formula is C15H12FN3O2S. The predicted molar refractivity (Wildman–Crippen MR) is 82.6 cm³/mol. The highest BCUT2D eigenvalue weighted by Crippen LogP contribution is 2.24. The van der Waals surface area contributed by atoms with Gasteiger partial charge >= 0.3 is 5.97 Å². The largest absolute Gasteiger partial charge is 0.478 e. The summed E-state index contributed by atoms with van der Waals surface area (Å²) in [7, 11) is 0. The summed E-state index contributed by atoms with van der Waals surface area (Å²) in [4.78, 5) is 10.9. The van der Waals surface area contributed by atoms with E-state index in [0.29, 0.717) is 12.2 Å². The van der Waals surface area contributed by atoms with Crippen molar-refractivity contribution in [3.8, 4) is 11.3 Å². The lowest BCUT2D eigenvalue weighted by Crippen LogP contribution is -2.04. The molecule has 112 valence electrons. The van der Waals surface area contributed by atoms with Crippen molar-refractivity contribution in [3.63, 3.8) is 0 Å². The van der Waals surface area contributed by atoms with Gasteiger partial charge in [-0.3, -0.25) is 5.10 Å². The van der Waals surface area contributed by atoms with Gasteiger partial charge in [0, 0.05) is 28.7 Å². The number of nitrogens with zero attached hydrogens (tertiary/aromatic N) is 1. The number of hydrogen-bond acceptors (Lipinski definition) is 4. The van der Waals surface area contributed by atoms with Gasteiger partial charge in [0.1, 0.15) is 5.82 Å². The summed E-state index contributed by atoms with van der Waals surface area (Å²) < 4.78 is 13.4. The Morgan fingerprint density at radius 3 is 3.00 bits per heavy atom. The molecule has 0 atom stereocenters. The van der Waals surface area contributed by atoms with Gasteiger partial charge in [0.2, 0.25) is 0 Å². The van der Waals surface area contributed by atoms with Crippen LogP contribution in [0, 0.1) is 5.82 Å². The number of carboxylic acid groups (broad SMARTS) is 1. The zero-order chi connectivity index (χ0) is 15.5. The van der Waals surface area contributed by atoms with E-state index in [0.717, 1.165) is 22.9 Å². The van der Waals surface area contributed by atoms with Gasteiger partial charge in [0.25, 0.3) is 0 Å². The molecule has 0 unspecified atom stereocenters. The summed E-state index contributed by atoms with van der Waals surface area (Å²) >= 11 is 1.59. The molecule has 2 aromatic heterocycles. The number of aromatic carboxylic acids is 1. The second kappa shape index (κ2) is 5.98. The molecule has 2 heterocycles. The minimum Gasteiger partial charge on any atom is -0.478 e. The fourth-order valence-electron chi connectivity index (χ4n) is 2.10. The third-order valence-electron chi connectivity index (χ3n) is 3.21. The van der Waals surface area contributed by atoms with E-state index in [2.05, 4.69) is 15.5 Å². The van der Waals surface area contributed by atoms with Crippen molar-refractivity contribution in [2.75, 3.05) is 5.32 Å². The molecular weight excluding hydrogens is 305 g/mol. The monoisotopic (exact) mass is 317 g/mol. The number of carbonyl (C=O) groups is 1. The minimum absolute atomic E-state index is 0.352. The number of carboxylic acids is 1. The second-order valence-electron chi connectivity index (χ2n) is 4.64. The van der Waals surface area contributed by atoms with Crippen LogP contribution in [0.15, 0.2) is 41.2 Å². The maximum Gasteiger partial charge on any atom is 0.338 e. The van der Waals surface area contributed by atoms with Gasteiger partial charge in [-0.1, -0.05) is 0 Å². The van der Waals surface area contributed by atoms with Crippen molar-refractivity contribution >= 4 is 23.0 Å². The lowest BCUT2D eigenvalue weighted by Gasteiger charge is -2.08. The molecule has 0 aliphatic heterocycles. The average molecular weight is 317 g/mol. The summed E-state index contributed by atoms with van der Waals surface area (Å²) in [6.45, 7) is 0.451. The first-order valence-electron chi connectivity index (χ1n) is 6.46. The molecule has 3 rings (SSSR count). The van der Waals surface area contributed by atoms with Crippen molar-refractivity contribution < 1.29 is 14.3 Å². The molecule has 0 saturated heterocycles. The van der Waals surface area contributed by atoms with Crippen LogP contribution in [0.4, 0.5) is 10.1 Å². The smallest absolute Gasteiger partial charge is 0.338 e. The Kier molecular flexibility index (Phi) is 3.88. The Labute approximate surface area is 129 Å². The van der Waals surface area contributed by atoms with Crippen LogP contribution >= 0.6 is 11.3 Å². The molecule has 0 bridgehead atoms. The highest BCUT2D eigenvalue weighted by molar-refractivity contribution is 7.08. The summed E-state index contributed by atoms with van der Waals surface area (Å²) in [6.07, 6.45) is 1.71. The molecule has 3 aromatic rings. The normalized spacial score (nSPS) is 10.6. The van der Waals surface area contributed by atoms with E-state index < -0.39 is 11.8 Å². The molecule has 7 heteroatoms. The van der Waals surface area contributed by atoms with Gasteiger partial charge in [-0.05, 0) is 29.6 Å². The standard InChI is InChI=1S/C15H12FN3O2S/c16-13-2-1-11(5-12(13)15(20)21)17-6-10-7-18-19-14(10)9-3-4-22-8-9/h1-5,7-8,17H,6H2,(H,18,19)(H,20,21). The first kappa shape index (κ1) is 14.3. The van der Waals surface area contributed by atoms with E-state index in [4.69, 9.17) is 5.11 Å². The van der Waals surface area contributed by atoms with Gasteiger partial charge in [0.15, 0.2) is 0 Å². The molecule has 0 saturated carbocycles. The summed E-state index contributed by atoms with van der Waals surface area (Å²) in [5.74, 6) is -2.04. The number of rotatable bonds is 5. The minimum atomic E-state index is -1.29. The Morgan fingerprint density at radius 1 is 1.41 bits per heavy atom. The third kappa shape index (κ3) is 2.84. The molecule has 0 radical (unpaired) electrons. The second-order valence-corrected chi connectivity index (χ2v) is 5.42. The first-order chi connectivity index (χ1) is 10.6. The van der Waals surface area contributed by atoms with Gasteiger partial charge < -0.3 is 10.4 Å². The van der Waals surface area contributed by atoms with Crippen LogP contribution in [0.25, 0.3) is 11.3 Å². The van der Waals surface area contributed by atoms with Crippen LogP contribution in [0.5, 0.6) is 0 Å². The van der Waals surface area contributed by atoms with Crippen molar-refractivity contribution in [2.45, 2.75) is 6.54 Å². The molecule has 5 nitrogen and oxygen atoms in total. The van der Waals surface area contributed by atoms with E-state index >= 15 is 0 Å². The van der Waals surface area contributed by atoms with Crippen molar-refractivity contribution in [1.29, 1.82) is 0 Å². The van der Waals surface area contributed by atoms with Crippen LogP contribution in [0.2, 0.25) is 0 Å². The molecule has 0 amide bonds. The SMILES string of the molecule is O=C(O)c1cc(NCc2cn[nH]c2-c2ccsc2)ccc1F. The maximum atomic E-state index is 13.4. The summed E-state index contributed by atoms with van der Waals surface area (Å²) in [5.41, 5.74) is 3.09.